The van der Waals surface area contributed by atoms with Crippen LogP contribution in [0.15, 0.2) is 36.9 Å². The molecule has 1 rings (SSSR count). The van der Waals surface area contributed by atoms with E-state index >= 15 is 0 Å². The molecule has 6 heteroatoms. The van der Waals surface area contributed by atoms with E-state index in [1.165, 1.54) is 5.56 Å². The van der Waals surface area contributed by atoms with E-state index in [1.807, 2.05) is 18.2 Å². The molecular formula is C10H15N3O3. The zero-order chi connectivity index (χ0) is 12.4. The second-order valence-electron chi connectivity index (χ2n) is 2.91. The molecule has 0 aliphatic rings. The normalized spacial score (nSPS) is 8.56. The first-order valence-corrected chi connectivity index (χ1v) is 4.60. The predicted octanol–water partition coefficient (Wildman–Crippen LogP) is 1.74. The van der Waals surface area contributed by atoms with Crippen LogP contribution in [0.4, 0.5) is 5.69 Å². The van der Waals surface area contributed by atoms with Gasteiger partial charge in [-0.25, -0.2) is 0 Å². The van der Waals surface area contributed by atoms with Crippen molar-refractivity contribution < 1.29 is 10.3 Å². The molecule has 1 aromatic rings. The number of nitrogen functional groups attached to an aromatic ring is 1. The van der Waals surface area contributed by atoms with Crippen molar-refractivity contribution in [3.05, 3.63) is 52.6 Å². The molecule has 0 atom stereocenters. The summed E-state index contributed by atoms with van der Waals surface area (Å²) < 4.78 is 0. The maximum Gasteiger partial charge on any atom is 0.291 e. The van der Waals surface area contributed by atoms with Crippen LogP contribution in [0.3, 0.4) is 0 Å². The molecule has 0 aromatic heterocycles. The van der Waals surface area contributed by atoms with Gasteiger partial charge in [0.2, 0.25) is 0 Å². The lowest BCUT2D eigenvalue weighted by Gasteiger charge is -2.01. The molecule has 0 amide bonds. The van der Waals surface area contributed by atoms with Gasteiger partial charge in [-0.3, -0.25) is 5.84 Å². The molecule has 1 aromatic carbocycles. The lowest BCUT2D eigenvalue weighted by atomic mass is 10.1. The molecule has 88 valence electrons. The van der Waals surface area contributed by atoms with Crippen LogP contribution in [0, 0.1) is 10.1 Å². The molecule has 4 N–H and O–H groups in total. The third kappa shape index (κ3) is 7.34. The molecular weight excluding hydrogens is 210 g/mol. The summed E-state index contributed by atoms with van der Waals surface area (Å²) in [6.45, 7) is 3.68. The van der Waals surface area contributed by atoms with Crippen molar-refractivity contribution in [1.29, 1.82) is 0 Å². The minimum absolute atomic E-state index is 0.942. The Morgan fingerprint density at radius 3 is 2.38 bits per heavy atom. The number of hydrogen-bond acceptors (Lipinski definition) is 4. The third-order valence-corrected chi connectivity index (χ3v) is 1.76. The molecule has 0 aliphatic carbocycles. The van der Waals surface area contributed by atoms with Crippen molar-refractivity contribution >= 4 is 5.69 Å². The zero-order valence-electron chi connectivity index (χ0n) is 8.80. The topological polar surface area (TPSA) is 101 Å². The second-order valence-corrected chi connectivity index (χ2v) is 2.91. The lowest BCUT2D eigenvalue weighted by molar-refractivity contribution is -0.742. The highest BCUT2D eigenvalue weighted by Crippen LogP contribution is 2.09. The van der Waals surface area contributed by atoms with Gasteiger partial charge < -0.3 is 10.6 Å². The maximum absolute atomic E-state index is 8.36. The standard InChI is InChI=1S/C10H14N2.HNO3/c1-2-3-4-9-5-7-10(12-11)8-6-9;2-1(3)4/h2,5-8,12H,1,3-4,11H2;(H,2,3,4). The summed E-state index contributed by atoms with van der Waals surface area (Å²) in [4.78, 5) is 8.36. The summed E-state index contributed by atoms with van der Waals surface area (Å²) in [5.74, 6) is 5.23. The Kier molecular flexibility index (Phi) is 7.17. The van der Waals surface area contributed by atoms with E-state index in [2.05, 4.69) is 24.1 Å². The van der Waals surface area contributed by atoms with E-state index < -0.39 is 5.09 Å². The van der Waals surface area contributed by atoms with Gasteiger partial charge in [-0.1, -0.05) is 18.2 Å². The van der Waals surface area contributed by atoms with Gasteiger partial charge in [0.15, 0.2) is 0 Å². The van der Waals surface area contributed by atoms with Gasteiger partial charge in [0.1, 0.15) is 0 Å². The molecule has 0 saturated carbocycles. The average molecular weight is 225 g/mol. The highest BCUT2D eigenvalue weighted by Gasteiger charge is 1.91. The van der Waals surface area contributed by atoms with Crippen LogP contribution in [0.25, 0.3) is 0 Å². The first-order chi connectivity index (χ1) is 7.60. The Balaban J connectivity index is 0.000000487. The summed E-state index contributed by atoms with van der Waals surface area (Å²) in [5, 5.41) is 13.6. The molecule has 6 nitrogen and oxygen atoms in total. The van der Waals surface area contributed by atoms with E-state index in [1.54, 1.807) is 0 Å². The fourth-order valence-electron chi connectivity index (χ4n) is 1.04. The van der Waals surface area contributed by atoms with Gasteiger partial charge in [-0.2, -0.15) is 0 Å². The minimum atomic E-state index is -1.50. The summed E-state index contributed by atoms with van der Waals surface area (Å²) >= 11 is 0. The smallest absolute Gasteiger partial charge is 0.291 e. The molecule has 0 fully saturated rings. The van der Waals surface area contributed by atoms with Gasteiger partial charge in [0.05, 0.1) is 0 Å². The Bertz CT molecular complexity index is 321. The Labute approximate surface area is 93.5 Å². The monoisotopic (exact) mass is 225 g/mol. The maximum atomic E-state index is 8.36. The fourth-order valence-corrected chi connectivity index (χ4v) is 1.04. The zero-order valence-corrected chi connectivity index (χ0v) is 8.80. The molecule has 0 spiro atoms. The Morgan fingerprint density at radius 1 is 1.50 bits per heavy atom. The SMILES string of the molecule is C=CCCc1ccc(NN)cc1.O=[N+]([O-])O. The summed E-state index contributed by atoms with van der Waals surface area (Å²) in [6.07, 6.45) is 4.00. The van der Waals surface area contributed by atoms with Crippen molar-refractivity contribution in [2.24, 2.45) is 5.84 Å². The lowest BCUT2D eigenvalue weighted by Crippen LogP contribution is -2.06. The number of nitrogens with zero attached hydrogens (tertiary/aromatic N) is 1. The van der Waals surface area contributed by atoms with Crippen LogP contribution in [-0.2, 0) is 6.42 Å². The number of anilines is 1. The number of hydrogen-bond donors (Lipinski definition) is 3. The molecule has 0 aliphatic heterocycles. The fraction of sp³-hybridized carbons (Fsp3) is 0.200. The van der Waals surface area contributed by atoms with Crippen molar-refractivity contribution in [2.75, 3.05) is 5.43 Å². The number of rotatable bonds is 4. The molecule has 16 heavy (non-hydrogen) atoms. The number of benzene rings is 1. The highest BCUT2D eigenvalue weighted by atomic mass is 16.9. The van der Waals surface area contributed by atoms with Crippen LogP contribution in [0.2, 0.25) is 0 Å². The molecule has 0 unspecified atom stereocenters. The number of nitrogens with two attached hydrogens (primary N) is 1. The average Bonchev–Trinajstić information content (AvgIpc) is 2.26. The molecule has 0 bridgehead atoms. The number of aryl methyl sites for hydroxylation is 1. The Hall–Kier alpha value is -2.08. The van der Waals surface area contributed by atoms with Gasteiger partial charge in [-0.05, 0) is 30.5 Å². The quantitative estimate of drug-likeness (QED) is 0.313. The third-order valence-electron chi connectivity index (χ3n) is 1.76. The number of nitrogens with one attached hydrogen (secondary N) is 1. The van der Waals surface area contributed by atoms with Crippen molar-refractivity contribution in [2.45, 2.75) is 12.8 Å². The summed E-state index contributed by atoms with van der Waals surface area (Å²) in [5.41, 5.74) is 4.85. The van der Waals surface area contributed by atoms with Gasteiger partial charge >= 0.3 is 0 Å². The first kappa shape index (κ1) is 13.9. The van der Waals surface area contributed by atoms with Crippen LogP contribution in [0.5, 0.6) is 0 Å². The van der Waals surface area contributed by atoms with Gasteiger partial charge in [0, 0.05) is 5.69 Å². The second kappa shape index (κ2) is 8.25. The van der Waals surface area contributed by atoms with Gasteiger partial charge in [0.25, 0.3) is 5.09 Å². The van der Waals surface area contributed by atoms with E-state index in [0.717, 1.165) is 18.5 Å². The van der Waals surface area contributed by atoms with Crippen LogP contribution in [0.1, 0.15) is 12.0 Å². The van der Waals surface area contributed by atoms with E-state index in [4.69, 9.17) is 21.2 Å². The number of hydrazine groups is 1. The predicted molar refractivity (Wildman–Crippen MR) is 61.6 cm³/mol. The van der Waals surface area contributed by atoms with Crippen LogP contribution < -0.4 is 11.3 Å². The Morgan fingerprint density at radius 2 is 2.00 bits per heavy atom. The molecule has 0 saturated heterocycles. The summed E-state index contributed by atoms with van der Waals surface area (Å²) in [7, 11) is 0. The summed E-state index contributed by atoms with van der Waals surface area (Å²) in [6, 6.07) is 8.08. The van der Waals surface area contributed by atoms with Crippen LogP contribution >= 0.6 is 0 Å². The van der Waals surface area contributed by atoms with Gasteiger partial charge in [-0.15, -0.1) is 16.7 Å². The van der Waals surface area contributed by atoms with Crippen molar-refractivity contribution in [1.82, 2.24) is 0 Å². The van der Waals surface area contributed by atoms with Crippen LogP contribution in [-0.4, -0.2) is 10.3 Å². The largest absolute Gasteiger partial charge is 0.328 e. The number of allylic oxidation sites excluding steroid dienone is 1. The van der Waals surface area contributed by atoms with Crippen molar-refractivity contribution in [3.8, 4) is 0 Å². The first-order valence-electron chi connectivity index (χ1n) is 4.60. The minimum Gasteiger partial charge on any atom is -0.328 e. The van der Waals surface area contributed by atoms with E-state index in [-0.39, 0.29) is 0 Å². The highest BCUT2D eigenvalue weighted by molar-refractivity contribution is 5.43. The van der Waals surface area contributed by atoms with Crippen molar-refractivity contribution in [3.63, 3.8) is 0 Å². The van der Waals surface area contributed by atoms with E-state index in [0.29, 0.717) is 0 Å². The molecule has 0 radical (unpaired) electrons. The molecule has 0 heterocycles. The van der Waals surface area contributed by atoms with E-state index in [9.17, 15) is 0 Å².